The van der Waals surface area contributed by atoms with Crippen molar-refractivity contribution in [3.05, 3.63) is 11.8 Å². The number of amides is 1. The van der Waals surface area contributed by atoms with E-state index in [-0.39, 0.29) is 24.0 Å². The molecular weight excluding hydrogens is 184 g/mol. The van der Waals surface area contributed by atoms with Crippen LogP contribution in [0.5, 0.6) is 0 Å². The highest BCUT2D eigenvalue weighted by molar-refractivity contribution is 5.93. The molecule has 0 saturated carbocycles. The van der Waals surface area contributed by atoms with Gasteiger partial charge in [0.15, 0.2) is 0 Å². The number of aromatic nitrogens is 2. The predicted octanol–water partition coefficient (Wildman–Crippen LogP) is -0.507. The van der Waals surface area contributed by atoms with Gasteiger partial charge < -0.3 is 16.2 Å². The summed E-state index contributed by atoms with van der Waals surface area (Å²) in [6, 6.07) is 1.43. The molecule has 6 nitrogen and oxygen atoms in total. The van der Waals surface area contributed by atoms with E-state index in [1.165, 1.54) is 6.07 Å². The van der Waals surface area contributed by atoms with Gasteiger partial charge in [0.1, 0.15) is 11.5 Å². The van der Waals surface area contributed by atoms with E-state index in [0.29, 0.717) is 0 Å². The highest BCUT2D eigenvalue weighted by atomic mass is 16.3. The molecule has 1 rings (SSSR count). The quantitative estimate of drug-likeness (QED) is 0.525. The van der Waals surface area contributed by atoms with Gasteiger partial charge in [-0.25, -0.2) is 0 Å². The van der Waals surface area contributed by atoms with Crippen molar-refractivity contribution in [1.29, 1.82) is 0 Å². The van der Waals surface area contributed by atoms with E-state index >= 15 is 0 Å². The molecule has 0 fully saturated rings. The number of rotatable bonds is 3. The lowest BCUT2D eigenvalue weighted by Gasteiger charge is -2.22. The zero-order valence-corrected chi connectivity index (χ0v) is 8.16. The van der Waals surface area contributed by atoms with Crippen LogP contribution in [-0.2, 0) is 0 Å². The predicted molar refractivity (Wildman–Crippen MR) is 51.6 cm³/mol. The fourth-order valence-corrected chi connectivity index (χ4v) is 0.868. The summed E-state index contributed by atoms with van der Waals surface area (Å²) in [5.41, 5.74) is 4.97. The molecule has 0 radical (unpaired) electrons. The van der Waals surface area contributed by atoms with E-state index in [2.05, 4.69) is 15.5 Å². The number of anilines is 1. The SMILES string of the molecule is CC(C)(CO)NC(=O)c1cc(N)n[nH]1. The molecule has 0 saturated heterocycles. The van der Waals surface area contributed by atoms with Crippen LogP contribution >= 0.6 is 0 Å². The molecule has 0 aliphatic rings. The fraction of sp³-hybridized carbons (Fsp3) is 0.500. The van der Waals surface area contributed by atoms with Gasteiger partial charge in [-0.15, -0.1) is 0 Å². The zero-order valence-electron chi connectivity index (χ0n) is 8.16. The molecule has 0 aliphatic heterocycles. The minimum absolute atomic E-state index is 0.137. The van der Waals surface area contributed by atoms with Crippen LogP contribution in [0.3, 0.4) is 0 Å². The van der Waals surface area contributed by atoms with Gasteiger partial charge in [0.05, 0.1) is 12.1 Å². The minimum atomic E-state index is -0.656. The Morgan fingerprint density at radius 3 is 2.86 bits per heavy atom. The molecule has 14 heavy (non-hydrogen) atoms. The lowest BCUT2D eigenvalue weighted by molar-refractivity contribution is 0.0864. The van der Waals surface area contributed by atoms with Crippen molar-refractivity contribution in [3.63, 3.8) is 0 Å². The molecule has 0 atom stereocenters. The summed E-state index contributed by atoms with van der Waals surface area (Å²) in [5.74, 6) is -0.0785. The van der Waals surface area contributed by atoms with Crippen LogP contribution in [-0.4, -0.2) is 33.4 Å². The van der Waals surface area contributed by atoms with Crippen molar-refractivity contribution in [2.45, 2.75) is 19.4 Å². The van der Waals surface area contributed by atoms with Crippen LogP contribution in [0, 0.1) is 0 Å². The van der Waals surface area contributed by atoms with E-state index in [0.717, 1.165) is 0 Å². The Morgan fingerprint density at radius 2 is 2.43 bits per heavy atom. The van der Waals surface area contributed by atoms with Crippen LogP contribution in [0.15, 0.2) is 6.07 Å². The maximum absolute atomic E-state index is 11.5. The number of hydrogen-bond donors (Lipinski definition) is 4. The summed E-state index contributed by atoms with van der Waals surface area (Å²) in [7, 11) is 0. The molecule has 0 unspecified atom stereocenters. The second kappa shape index (κ2) is 3.67. The first-order valence-electron chi connectivity index (χ1n) is 4.19. The second-order valence-electron chi connectivity index (χ2n) is 3.70. The van der Waals surface area contributed by atoms with Crippen molar-refractivity contribution in [1.82, 2.24) is 15.5 Å². The number of aliphatic hydroxyl groups is 1. The van der Waals surface area contributed by atoms with Crippen LogP contribution in [0.25, 0.3) is 0 Å². The third kappa shape index (κ3) is 2.46. The van der Waals surface area contributed by atoms with Gasteiger partial charge >= 0.3 is 0 Å². The van der Waals surface area contributed by atoms with Crippen molar-refractivity contribution >= 4 is 11.7 Å². The van der Waals surface area contributed by atoms with Gasteiger partial charge in [0.2, 0.25) is 0 Å². The van der Waals surface area contributed by atoms with E-state index < -0.39 is 5.54 Å². The van der Waals surface area contributed by atoms with Crippen LogP contribution in [0.4, 0.5) is 5.82 Å². The van der Waals surface area contributed by atoms with E-state index in [1.807, 2.05) is 0 Å². The molecule has 0 aliphatic carbocycles. The van der Waals surface area contributed by atoms with Gasteiger partial charge in [-0.3, -0.25) is 9.89 Å². The maximum Gasteiger partial charge on any atom is 0.269 e. The number of nitrogen functional groups attached to an aromatic ring is 1. The third-order valence-corrected chi connectivity index (χ3v) is 1.69. The van der Waals surface area contributed by atoms with Crippen LogP contribution < -0.4 is 11.1 Å². The zero-order chi connectivity index (χ0) is 10.8. The van der Waals surface area contributed by atoms with Crippen molar-refractivity contribution in [2.24, 2.45) is 0 Å². The Bertz CT molecular complexity index is 332. The highest BCUT2D eigenvalue weighted by Crippen LogP contribution is 2.04. The van der Waals surface area contributed by atoms with E-state index in [9.17, 15) is 4.79 Å². The first-order chi connectivity index (χ1) is 6.44. The monoisotopic (exact) mass is 198 g/mol. The lowest BCUT2D eigenvalue weighted by atomic mass is 10.1. The molecule has 0 spiro atoms. The highest BCUT2D eigenvalue weighted by Gasteiger charge is 2.20. The fourth-order valence-electron chi connectivity index (χ4n) is 0.868. The number of nitrogens with one attached hydrogen (secondary N) is 2. The van der Waals surface area contributed by atoms with Gasteiger partial charge in [0.25, 0.3) is 5.91 Å². The molecule has 5 N–H and O–H groups in total. The standard InChI is InChI=1S/C8H14N4O2/c1-8(2,4-13)10-7(14)5-3-6(9)12-11-5/h3,13H,4H2,1-2H3,(H,10,14)(H3,9,11,12). The molecular formula is C8H14N4O2. The number of aliphatic hydroxyl groups excluding tert-OH is 1. The molecule has 0 bridgehead atoms. The van der Waals surface area contributed by atoms with Gasteiger partial charge in [0, 0.05) is 6.07 Å². The number of nitrogens with two attached hydrogens (primary N) is 1. The maximum atomic E-state index is 11.5. The molecule has 1 heterocycles. The number of H-pyrrole nitrogens is 1. The topological polar surface area (TPSA) is 104 Å². The number of carbonyl (C=O) groups excluding carboxylic acids is 1. The number of hydrogen-bond acceptors (Lipinski definition) is 4. The summed E-state index contributed by atoms with van der Waals surface area (Å²) in [6.07, 6.45) is 0. The molecule has 78 valence electrons. The van der Waals surface area contributed by atoms with Crippen LogP contribution in [0.2, 0.25) is 0 Å². The van der Waals surface area contributed by atoms with Gasteiger partial charge in [-0.2, -0.15) is 5.10 Å². The smallest absolute Gasteiger partial charge is 0.269 e. The lowest BCUT2D eigenvalue weighted by Crippen LogP contribution is -2.46. The first-order valence-corrected chi connectivity index (χ1v) is 4.19. The van der Waals surface area contributed by atoms with Crippen molar-refractivity contribution in [2.75, 3.05) is 12.3 Å². The Kier molecular flexibility index (Phi) is 2.76. The number of aromatic amines is 1. The normalized spacial score (nSPS) is 11.4. The summed E-state index contributed by atoms with van der Waals surface area (Å²) in [4.78, 5) is 11.5. The first kappa shape index (κ1) is 10.5. The Balaban J connectivity index is 2.68. The average molecular weight is 198 g/mol. The van der Waals surface area contributed by atoms with E-state index in [1.54, 1.807) is 13.8 Å². The summed E-state index contributed by atoms with van der Waals surface area (Å²) < 4.78 is 0. The Hall–Kier alpha value is -1.56. The van der Waals surface area contributed by atoms with Gasteiger partial charge in [-0.1, -0.05) is 0 Å². The summed E-state index contributed by atoms with van der Waals surface area (Å²) >= 11 is 0. The summed E-state index contributed by atoms with van der Waals surface area (Å²) in [5, 5.41) is 17.7. The second-order valence-corrected chi connectivity index (χ2v) is 3.70. The molecule has 0 aromatic carbocycles. The average Bonchev–Trinajstić information content (AvgIpc) is 2.51. The Labute approximate surface area is 81.5 Å². The Morgan fingerprint density at radius 1 is 1.79 bits per heavy atom. The van der Waals surface area contributed by atoms with Crippen LogP contribution in [0.1, 0.15) is 24.3 Å². The third-order valence-electron chi connectivity index (χ3n) is 1.69. The number of carbonyl (C=O) groups is 1. The summed E-state index contributed by atoms with van der Waals surface area (Å²) in [6.45, 7) is 3.29. The number of nitrogens with zero attached hydrogens (tertiary/aromatic N) is 1. The van der Waals surface area contributed by atoms with Gasteiger partial charge in [-0.05, 0) is 13.8 Å². The molecule has 6 heteroatoms. The van der Waals surface area contributed by atoms with Crippen molar-refractivity contribution < 1.29 is 9.90 Å². The molecule has 1 aromatic rings. The van der Waals surface area contributed by atoms with E-state index in [4.69, 9.17) is 10.8 Å². The largest absolute Gasteiger partial charge is 0.394 e. The van der Waals surface area contributed by atoms with Crippen molar-refractivity contribution in [3.8, 4) is 0 Å². The molecule has 1 aromatic heterocycles. The minimum Gasteiger partial charge on any atom is -0.394 e. The molecule has 1 amide bonds.